The van der Waals surface area contributed by atoms with E-state index in [0.29, 0.717) is 0 Å². The van der Waals surface area contributed by atoms with Crippen LogP contribution >= 0.6 is 0 Å². The van der Waals surface area contributed by atoms with Gasteiger partial charge in [-0.05, 0) is 149 Å². The van der Waals surface area contributed by atoms with E-state index in [0.717, 1.165) is 27.6 Å². The molecule has 12 rings (SSSR count). The minimum Gasteiger partial charge on any atom is -0.456 e. The summed E-state index contributed by atoms with van der Waals surface area (Å²) in [5.41, 5.74) is 21.1. The van der Waals surface area contributed by atoms with E-state index < -0.39 is 0 Å². The maximum Gasteiger partial charge on any atom is 0.252 e. The maximum atomic E-state index is 6.39. The normalized spacial score (nSPS) is 20.0. The van der Waals surface area contributed by atoms with Gasteiger partial charge in [0.15, 0.2) is 0 Å². The number of furan rings is 1. The lowest BCUT2D eigenvalue weighted by Crippen LogP contribution is -2.61. The molecule has 5 heteroatoms. The smallest absolute Gasteiger partial charge is 0.252 e. The second-order valence-corrected chi connectivity index (χ2v) is 21.8. The van der Waals surface area contributed by atoms with Gasteiger partial charge in [0.2, 0.25) is 0 Å². The van der Waals surface area contributed by atoms with Crippen molar-refractivity contribution in [2.45, 2.75) is 110 Å². The maximum absolute atomic E-state index is 6.39. The molecular weight excluding hydrogens is 777 g/mol. The summed E-state index contributed by atoms with van der Waals surface area (Å²) in [4.78, 5) is 7.91. The first-order chi connectivity index (χ1) is 30.6. The van der Waals surface area contributed by atoms with Crippen molar-refractivity contribution >= 4 is 90.5 Å². The van der Waals surface area contributed by atoms with Crippen LogP contribution in [0, 0.1) is 6.92 Å². The highest BCUT2D eigenvalue weighted by atomic mass is 16.3. The van der Waals surface area contributed by atoms with Gasteiger partial charge < -0.3 is 19.1 Å². The van der Waals surface area contributed by atoms with Gasteiger partial charge in [-0.25, -0.2) is 0 Å². The second-order valence-electron chi connectivity index (χ2n) is 21.8. The molecule has 0 amide bonds. The van der Waals surface area contributed by atoms with E-state index in [1.165, 1.54) is 104 Å². The van der Waals surface area contributed by atoms with Crippen LogP contribution in [0.5, 0.6) is 0 Å². The zero-order valence-electron chi connectivity index (χ0n) is 38.9. The topological polar surface area (TPSA) is 22.9 Å². The molecule has 1 fully saturated rings. The Morgan fingerprint density at radius 1 is 0.516 bits per heavy atom. The van der Waals surface area contributed by atoms with Gasteiger partial charge >= 0.3 is 0 Å². The summed E-state index contributed by atoms with van der Waals surface area (Å²) < 4.78 is 6.39. The third-order valence-electron chi connectivity index (χ3n) is 15.9. The van der Waals surface area contributed by atoms with Crippen LogP contribution in [0.3, 0.4) is 0 Å². The highest BCUT2D eigenvalue weighted by Gasteiger charge is 2.57. The number of fused-ring (bicyclic) bond motifs is 10. The quantitative estimate of drug-likeness (QED) is 0.165. The minimum absolute atomic E-state index is 0.0132. The Balaban J connectivity index is 1.14. The molecule has 1 aliphatic carbocycles. The zero-order valence-corrected chi connectivity index (χ0v) is 38.9. The van der Waals surface area contributed by atoms with E-state index in [9.17, 15) is 0 Å². The molecule has 2 atom stereocenters. The lowest BCUT2D eigenvalue weighted by molar-refractivity contribution is 0.195. The zero-order chi connectivity index (χ0) is 44.1. The summed E-state index contributed by atoms with van der Waals surface area (Å²) in [7, 11) is 0. The van der Waals surface area contributed by atoms with Crippen molar-refractivity contribution in [1.82, 2.24) is 0 Å². The molecule has 0 bridgehead atoms. The van der Waals surface area contributed by atoms with E-state index in [2.05, 4.69) is 217 Å². The third-order valence-corrected chi connectivity index (χ3v) is 15.9. The Bertz CT molecular complexity index is 3240. The summed E-state index contributed by atoms with van der Waals surface area (Å²) in [5, 5.41) is 2.27. The Hall–Kier alpha value is -6.20. The highest BCUT2D eigenvalue weighted by molar-refractivity contribution is 7.00. The molecule has 0 radical (unpaired) electrons. The number of nitrogens with zero attached hydrogens (tertiary/aromatic N) is 3. The van der Waals surface area contributed by atoms with Crippen LogP contribution in [-0.4, -0.2) is 12.3 Å². The molecule has 4 heterocycles. The van der Waals surface area contributed by atoms with Gasteiger partial charge in [-0.15, -0.1) is 0 Å². The number of anilines is 8. The number of rotatable bonds is 3. The van der Waals surface area contributed by atoms with Crippen molar-refractivity contribution < 1.29 is 4.42 Å². The fourth-order valence-electron chi connectivity index (χ4n) is 12.3. The van der Waals surface area contributed by atoms with E-state index in [1.54, 1.807) is 0 Å². The molecule has 3 aliphatic heterocycles. The van der Waals surface area contributed by atoms with Gasteiger partial charge in [-0.3, -0.25) is 0 Å². The summed E-state index contributed by atoms with van der Waals surface area (Å²) in [6, 6.07) is 53.5. The van der Waals surface area contributed by atoms with Crippen molar-refractivity contribution in [1.29, 1.82) is 0 Å². The summed E-state index contributed by atoms with van der Waals surface area (Å²) in [6.45, 7) is 21.4. The molecule has 318 valence electrons. The number of para-hydroxylation sites is 2. The summed E-state index contributed by atoms with van der Waals surface area (Å²) in [5.74, 6) is 0. The molecule has 8 aromatic rings. The number of hydrogen-bond donors (Lipinski definition) is 0. The van der Waals surface area contributed by atoms with Gasteiger partial charge in [0.25, 0.3) is 6.71 Å². The predicted molar refractivity (Wildman–Crippen MR) is 273 cm³/mol. The number of hydrogen-bond acceptors (Lipinski definition) is 4. The molecule has 4 aliphatic rings. The van der Waals surface area contributed by atoms with E-state index in [1.807, 2.05) is 0 Å². The summed E-state index contributed by atoms with van der Waals surface area (Å²) in [6.07, 6.45) is 4.90. The second kappa shape index (κ2) is 13.4. The summed E-state index contributed by atoms with van der Waals surface area (Å²) >= 11 is 0. The molecule has 64 heavy (non-hydrogen) atoms. The molecule has 1 saturated carbocycles. The third kappa shape index (κ3) is 5.49. The van der Waals surface area contributed by atoms with Crippen LogP contribution in [0.25, 0.3) is 21.9 Å². The Kier molecular flexibility index (Phi) is 8.26. The van der Waals surface area contributed by atoms with Crippen LogP contribution in [-0.2, 0) is 16.2 Å². The largest absolute Gasteiger partial charge is 0.456 e. The lowest BCUT2D eigenvalue weighted by Gasteiger charge is -2.50. The molecule has 0 spiro atoms. The SMILES string of the molecule is Cc1cc2c3c(c1)N(c1ccc4oc5ccccc5c4c1)c1cc(C(C)(C)C)ccc1B3c1ccc(N3c4ccccc4C4(C)CCCCC34C)cc1N2c1cccc(C(C)(C)C)c1. The first-order valence-corrected chi connectivity index (χ1v) is 23.6. The van der Waals surface area contributed by atoms with Gasteiger partial charge in [-0.1, -0.05) is 128 Å². The highest BCUT2D eigenvalue weighted by Crippen LogP contribution is 2.61. The molecular formula is C59H58BN3O. The predicted octanol–water partition coefficient (Wildman–Crippen LogP) is 14.3. The molecule has 7 aromatic carbocycles. The Morgan fingerprint density at radius 3 is 1.91 bits per heavy atom. The minimum atomic E-state index is -0.0425. The number of benzene rings is 7. The fraction of sp³-hybridized carbons (Fsp3) is 0.288. The van der Waals surface area contributed by atoms with Crippen molar-refractivity contribution in [3.8, 4) is 0 Å². The first-order valence-electron chi connectivity index (χ1n) is 23.6. The van der Waals surface area contributed by atoms with Crippen LogP contribution in [0.1, 0.15) is 103 Å². The average Bonchev–Trinajstić information content (AvgIpc) is 3.74. The van der Waals surface area contributed by atoms with Crippen molar-refractivity contribution in [2.75, 3.05) is 14.7 Å². The van der Waals surface area contributed by atoms with Crippen LogP contribution in [0.4, 0.5) is 45.5 Å². The monoisotopic (exact) mass is 835 g/mol. The van der Waals surface area contributed by atoms with Crippen LogP contribution in [0.2, 0.25) is 0 Å². The van der Waals surface area contributed by atoms with Gasteiger partial charge in [-0.2, -0.15) is 0 Å². The van der Waals surface area contributed by atoms with Gasteiger partial charge in [0.05, 0.1) is 5.54 Å². The van der Waals surface area contributed by atoms with Crippen LogP contribution < -0.4 is 31.1 Å². The van der Waals surface area contributed by atoms with Crippen molar-refractivity contribution in [3.05, 3.63) is 162 Å². The van der Waals surface area contributed by atoms with Crippen molar-refractivity contribution in [3.63, 3.8) is 0 Å². The van der Waals surface area contributed by atoms with E-state index >= 15 is 0 Å². The molecule has 0 N–H and O–H groups in total. The molecule has 4 nitrogen and oxygen atoms in total. The van der Waals surface area contributed by atoms with Crippen molar-refractivity contribution in [2.24, 2.45) is 0 Å². The number of aryl methyl sites for hydroxylation is 1. The van der Waals surface area contributed by atoms with Crippen LogP contribution in [0.15, 0.2) is 144 Å². The fourth-order valence-corrected chi connectivity index (χ4v) is 12.3. The van der Waals surface area contributed by atoms with E-state index in [4.69, 9.17) is 4.42 Å². The molecule has 2 unspecified atom stereocenters. The average molecular weight is 836 g/mol. The standard InChI is InChI=1S/C59H58BN3O/c1-37-31-51-55-52(32-37)62(41-25-28-54-44(35-41)43-19-10-13-22-53(43)64-54)49-34-39(57(5,6)7)23-26-46(49)60(55)47-27-24-42(36-50(47)61(51)40-18-16-17-38(33-40)56(2,3)4)63-48-21-12-11-20-45(48)58(8)29-14-15-30-59(58,63)9/h10-13,16-28,31-36H,14-15,29-30H2,1-9H3. The Morgan fingerprint density at radius 2 is 1.14 bits per heavy atom. The lowest BCUT2D eigenvalue weighted by atomic mass is 9.33. The van der Waals surface area contributed by atoms with Gasteiger partial charge in [0.1, 0.15) is 11.2 Å². The van der Waals surface area contributed by atoms with E-state index in [-0.39, 0.29) is 28.5 Å². The first kappa shape index (κ1) is 39.4. The molecule has 0 saturated heterocycles. The Labute approximate surface area is 379 Å². The van der Waals surface area contributed by atoms with Gasteiger partial charge in [0, 0.05) is 61.7 Å². The molecule has 1 aromatic heterocycles.